The van der Waals surface area contributed by atoms with E-state index in [-0.39, 0.29) is 0 Å². The van der Waals surface area contributed by atoms with Gasteiger partial charge in [0.05, 0.1) is 17.4 Å². The Hall–Kier alpha value is -3.02. The van der Waals surface area contributed by atoms with Crippen LogP contribution in [0, 0.1) is 0 Å². The van der Waals surface area contributed by atoms with Gasteiger partial charge in [-0.25, -0.2) is 4.79 Å². The van der Waals surface area contributed by atoms with Gasteiger partial charge in [-0.05, 0) is 11.6 Å². The lowest BCUT2D eigenvalue weighted by molar-refractivity contribution is 0.209. The molecule has 0 saturated heterocycles. The molecule has 1 aromatic heterocycles. The number of H-pyrrole nitrogens is 1. The quantitative estimate of drug-likeness (QED) is 0.686. The molecule has 0 aliphatic heterocycles. The molecule has 0 spiro atoms. The molecular weight excluding hydrogens is 270 g/mol. The van der Waals surface area contributed by atoms with Crippen LogP contribution in [-0.2, 0) is 6.61 Å². The van der Waals surface area contributed by atoms with Gasteiger partial charge in [0.1, 0.15) is 12.4 Å². The second-order valence-electron chi connectivity index (χ2n) is 4.51. The van der Waals surface area contributed by atoms with E-state index in [4.69, 9.17) is 9.84 Å². The van der Waals surface area contributed by atoms with E-state index in [1.807, 2.05) is 30.3 Å². The van der Waals surface area contributed by atoms with E-state index in [0.717, 1.165) is 16.5 Å². The smallest absolute Gasteiger partial charge is 0.409 e. The molecule has 3 rings (SSSR count). The number of hydrogen-bond donors (Lipinski definition) is 3. The number of anilines is 1. The summed E-state index contributed by atoms with van der Waals surface area (Å²) in [6.45, 7) is 0.356. The van der Waals surface area contributed by atoms with Gasteiger partial charge in [0.2, 0.25) is 0 Å². The van der Waals surface area contributed by atoms with Crippen molar-refractivity contribution in [2.75, 3.05) is 5.32 Å². The summed E-state index contributed by atoms with van der Waals surface area (Å²) in [6.07, 6.45) is 0.492. The van der Waals surface area contributed by atoms with E-state index in [0.29, 0.717) is 18.0 Å². The van der Waals surface area contributed by atoms with Crippen LogP contribution in [0.1, 0.15) is 5.56 Å². The van der Waals surface area contributed by atoms with Crippen molar-refractivity contribution in [3.05, 3.63) is 54.2 Å². The number of amides is 1. The van der Waals surface area contributed by atoms with Crippen LogP contribution in [0.4, 0.5) is 10.5 Å². The number of rotatable bonds is 4. The van der Waals surface area contributed by atoms with Gasteiger partial charge in [-0.3, -0.25) is 10.4 Å². The van der Waals surface area contributed by atoms with Crippen molar-refractivity contribution in [3.63, 3.8) is 0 Å². The van der Waals surface area contributed by atoms with E-state index in [1.165, 1.54) is 0 Å². The maximum absolute atomic E-state index is 10.9. The lowest BCUT2D eigenvalue weighted by Crippen LogP contribution is -2.09. The molecule has 106 valence electrons. The molecule has 0 aliphatic carbocycles. The van der Waals surface area contributed by atoms with Crippen molar-refractivity contribution >= 4 is 22.7 Å². The predicted molar refractivity (Wildman–Crippen MR) is 78.5 cm³/mol. The Balaban J connectivity index is 1.89. The van der Waals surface area contributed by atoms with Gasteiger partial charge < -0.3 is 9.84 Å². The minimum absolute atomic E-state index is 0.356. The van der Waals surface area contributed by atoms with E-state index in [2.05, 4.69) is 15.5 Å². The molecule has 2 aromatic carbocycles. The zero-order valence-corrected chi connectivity index (χ0v) is 11.0. The molecule has 1 heterocycles. The average Bonchev–Trinajstić information content (AvgIpc) is 2.92. The first-order valence-electron chi connectivity index (χ1n) is 6.36. The number of nitrogens with one attached hydrogen (secondary N) is 2. The van der Waals surface area contributed by atoms with Crippen molar-refractivity contribution in [3.8, 4) is 5.75 Å². The van der Waals surface area contributed by atoms with Crippen LogP contribution in [0.2, 0.25) is 0 Å². The number of fused-ring (bicyclic) bond motifs is 1. The molecule has 0 aliphatic rings. The van der Waals surface area contributed by atoms with Gasteiger partial charge in [0.15, 0.2) is 0 Å². The van der Waals surface area contributed by atoms with E-state index < -0.39 is 6.09 Å². The Morgan fingerprint density at radius 1 is 1.29 bits per heavy atom. The normalized spacial score (nSPS) is 10.5. The summed E-state index contributed by atoms with van der Waals surface area (Å²) in [5.41, 5.74) is 2.19. The van der Waals surface area contributed by atoms with Crippen molar-refractivity contribution in [1.29, 1.82) is 0 Å². The van der Waals surface area contributed by atoms with Gasteiger partial charge in [-0.2, -0.15) is 5.10 Å². The zero-order valence-electron chi connectivity index (χ0n) is 11.0. The molecule has 0 saturated carbocycles. The first kappa shape index (κ1) is 13.0. The summed E-state index contributed by atoms with van der Waals surface area (Å²) in [5.74, 6) is 0.456. The predicted octanol–water partition coefficient (Wildman–Crippen LogP) is 3.23. The fraction of sp³-hybridized carbons (Fsp3) is 0.0667. The number of hydrogen-bond acceptors (Lipinski definition) is 3. The standard InChI is InChI=1S/C15H13N3O3/c19-15(20)17-13-6-11-8-16-18-12(11)7-14(13)21-9-10-4-2-1-3-5-10/h1-8,17H,9H2,(H,16,18)(H,19,20). The molecule has 0 unspecified atom stereocenters. The first-order valence-corrected chi connectivity index (χ1v) is 6.36. The fourth-order valence-electron chi connectivity index (χ4n) is 2.04. The molecule has 0 radical (unpaired) electrons. The summed E-state index contributed by atoms with van der Waals surface area (Å²) < 4.78 is 5.73. The summed E-state index contributed by atoms with van der Waals surface area (Å²) in [6, 6.07) is 13.1. The molecule has 0 fully saturated rings. The van der Waals surface area contributed by atoms with Crippen LogP contribution in [0.3, 0.4) is 0 Å². The third-order valence-corrected chi connectivity index (χ3v) is 3.02. The Morgan fingerprint density at radius 3 is 2.86 bits per heavy atom. The number of ether oxygens (including phenoxy) is 1. The molecule has 3 N–H and O–H groups in total. The van der Waals surface area contributed by atoms with Crippen LogP contribution in [0.15, 0.2) is 48.7 Å². The number of aromatic amines is 1. The molecule has 6 heteroatoms. The van der Waals surface area contributed by atoms with Crippen molar-refractivity contribution in [1.82, 2.24) is 10.2 Å². The third-order valence-electron chi connectivity index (χ3n) is 3.02. The lowest BCUT2D eigenvalue weighted by Gasteiger charge is -2.11. The number of carboxylic acid groups (broad SMARTS) is 1. The van der Waals surface area contributed by atoms with Gasteiger partial charge in [0, 0.05) is 11.5 Å². The summed E-state index contributed by atoms with van der Waals surface area (Å²) in [7, 11) is 0. The Bertz CT molecular complexity index is 768. The van der Waals surface area contributed by atoms with Gasteiger partial charge in [0.25, 0.3) is 0 Å². The van der Waals surface area contributed by atoms with Gasteiger partial charge >= 0.3 is 6.09 Å². The highest BCUT2D eigenvalue weighted by molar-refractivity contribution is 5.92. The highest BCUT2D eigenvalue weighted by Crippen LogP contribution is 2.30. The number of carbonyl (C=O) groups is 1. The number of aromatic nitrogens is 2. The minimum Gasteiger partial charge on any atom is -0.487 e. The van der Waals surface area contributed by atoms with Crippen molar-refractivity contribution in [2.45, 2.75) is 6.61 Å². The number of benzene rings is 2. The molecular formula is C15H13N3O3. The Kier molecular flexibility index (Phi) is 3.42. The van der Waals surface area contributed by atoms with E-state index in [9.17, 15) is 4.79 Å². The lowest BCUT2D eigenvalue weighted by atomic mass is 10.2. The van der Waals surface area contributed by atoms with Crippen LogP contribution in [-0.4, -0.2) is 21.4 Å². The monoisotopic (exact) mass is 283 g/mol. The van der Waals surface area contributed by atoms with Gasteiger partial charge in [-0.15, -0.1) is 0 Å². The molecule has 6 nitrogen and oxygen atoms in total. The van der Waals surface area contributed by atoms with Crippen LogP contribution >= 0.6 is 0 Å². The Labute approximate surface area is 120 Å². The topological polar surface area (TPSA) is 87.2 Å². The highest BCUT2D eigenvalue weighted by Gasteiger charge is 2.10. The van der Waals surface area contributed by atoms with Crippen molar-refractivity contribution in [2.24, 2.45) is 0 Å². The summed E-state index contributed by atoms with van der Waals surface area (Å²) in [5, 5.41) is 18.8. The fourth-order valence-corrected chi connectivity index (χ4v) is 2.04. The maximum atomic E-state index is 10.9. The highest BCUT2D eigenvalue weighted by atomic mass is 16.5. The van der Waals surface area contributed by atoms with E-state index >= 15 is 0 Å². The summed E-state index contributed by atoms with van der Waals surface area (Å²) >= 11 is 0. The zero-order chi connectivity index (χ0) is 14.7. The van der Waals surface area contributed by atoms with Crippen LogP contribution in [0.5, 0.6) is 5.75 Å². The van der Waals surface area contributed by atoms with Crippen LogP contribution < -0.4 is 10.1 Å². The van der Waals surface area contributed by atoms with Crippen molar-refractivity contribution < 1.29 is 14.6 Å². The Morgan fingerprint density at radius 2 is 2.10 bits per heavy atom. The van der Waals surface area contributed by atoms with Gasteiger partial charge in [-0.1, -0.05) is 30.3 Å². The second-order valence-corrected chi connectivity index (χ2v) is 4.51. The first-order chi connectivity index (χ1) is 10.2. The maximum Gasteiger partial charge on any atom is 0.409 e. The molecule has 0 atom stereocenters. The summed E-state index contributed by atoms with van der Waals surface area (Å²) in [4.78, 5) is 10.9. The molecule has 1 amide bonds. The SMILES string of the molecule is O=C(O)Nc1cc2cn[nH]c2cc1OCc1ccccc1. The average molecular weight is 283 g/mol. The second kappa shape index (κ2) is 5.54. The third kappa shape index (κ3) is 2.94. The molecule has 0 bridgehead atoms. The van der Waals surface area contributed by atoms with Crippen LogP contribution in [0.25, 0.3) is 10.9 Å². The molecule has 21 heavy (non-hydrogen) atoms. The molecule has 3 aromatic rings. The van der Waals surface area contributed by atoms with E-state index in [1.54, 1.807) is 18.3 Å². The number of nitrogens with zero attached hydrogens (tertiary/aromatic N) is 1. The largest absolute Gasteiger partial charge is 0.487 e. The minimum atomic E-state index is -1.14.